The first-order valence-electron chi connectivity index (χ1n) is 8.78. The number of aromatic nitrogens is 2. The smallest absolute Gasteiger partial charge is 0.454 e. The Balaban J connectivity index is 1.46. The first-order valence-corrected chi connectivity index (χ1v) is 10.3. The third-order valence-electron chi connectivity index (χ3n) is 4.18. The molecule has 162 valence electrons. The predicted molar refractivity (Wildman–Crippen MR) is 101 cm³/mol. The number of ether oxygens (including phenoxy) is 2. The fraction of sp³-hybridized carbons (Fsp3) is 0.158. The van der Waals surface area contributed by atoms with E-state index in [1.165, 1.54) is 30.4 Å². The molecule has 1 N–H and O–H groups in total. The van der Waals surface area contributed by atoms with Crippen molar-refractivity contribution in [3.63, 3.8) is 0 Å². The third-order valence-corrected chi connectivity index (χ3v) is 5.58. The Kier molecular flexibility index (Phi) is 5.41. The number of hydrogen-bond donors (Lipinski definition) is 1. The van der Waals surface area contributed by atoms with E-state index < -0.39 is 22.1 Å². The van der Waals surface area contributed by atoms with Gasteiger partial charge < -0.3 is 14.0 Å². The van der Waals surface area contributed by atoms with Crippen molar-refractivity contribution in [1.29, 1.82) is 0 Å². The van der Waals surface area contributed by atoms with Gasteiger partial charge in [0, 0.05) is 6.54 Å². The molecule has 2 heterocycles. The summed E-state index contributed by atoms with van der Waals surface area (Å²) in [5.74, 6) is -0.619. The maximum atomic E-state index is 12.6. The number of sulfonamides is 1. The molecule has 3 aromatic rings. The predicted octanol–water partition coefficient (Wildman–Crippen LogP) is 3.47. The van der Waals surface area contributed by atoms with E-state index >= 15 is 0 Å². The summed E-state index contributed by atoms with van der Waals surface area (Å²) < 4.78 is 79.9. The molecule has 0 spiro atoms. The first-order chi connectivity index (χ1) is 14.7. The molecule has 0 bridgehead atoms. The van der Waals surface area contributed by atoms with Crippen LogP contribution in [0.25, 0.3) is 12.2 Å². The highest BCUT2D eigenvalue weighted by molar-refractivity contribution is 7.89. The SMILES string of the molecule is O=S(=O)(NCc1ccc2c(c1)OCO2)c1cccc(/C=C/c2noc(C(F)(F)F)n2)c1. The molecule has 0 amide bonds. The fourth-order valence-electron chi connectivity index (χ4n) is 2.69. The number of alkyl halides is 3. The summed E-state index contributed by atoms with van der Waals surface area (Å²) in [6.45, 7) is 0.147. The van der Waals surface area contributed by atoms with Gasteiger partial charge in [0.05, 0.1) is 4.90 Å². The summed E-state index contributed by atoms with van der Waals surface area (Å²) in [6, 6.07) is 10.9. The highest BCUT2D eigenvalue weighted by Crippen LogP contribution is 2.32. The Morgan fingerprint density at radius 1 is 1.06 bits per heavy atom. The molecule has 0 saturated carbocycles. The molecule has 1 aliphatic rings. The maximum Gasteiger partial charge on any atom is 0.471 e. The number of benzene rings is 2. The fourth-order valence-corrected chi connectivity index (χ4v) is 3.76. The maximum absolute atomic E-state index is 12.6. The van der Waals surface area contributed by atoms with Gasteiger partial charge in [-0.05, 0) is 41.5 Å². The van der Waals surface area contributed by atoms with Crippen molar-refractivity contribution >= 4 is 22.2 Å². The minimum atomic E-state index is -4.74. The highest BCUT2D eigenvalue weighted by atomic mass is 32.2. The average molecular weight is 453 g/mol. The van der Waals surface area contributed by atoms with Gasteiger partial charge in [-0.3, -0.25) is 0 Å². The summed E-state index contributed by atoms with van der Waals surface area (Å²) >= 11 is 0. The summed E-state index contributed by atoms with van der Waals surface area (Å²) in [5, 5.41) is 3.21. The zero-order valence-corrected chi connectivity index (χ0v) is 16.4. The Labute approximate surface area is 174 Å². The second kappa shape index (κ2) is 8.04. The van der Waals surface area contributed by atoms with Gasteiger partial charge in [-0.1, -0.05) is 29.4 Å². The summed E-state index contributed by atoms with van der Waals surface area (Å²) in [7, 11) is -3.85. The molecule has 0 unspecified atom stereocenters. The lowest BCUT2D eigenvalue weighted by atomic mass is 10.2. The molecular formula is C19H14F3N3O5S. The van der Waals surface area contributed by atoms with E-state index in [1.54, 1.807) is 24.3 Å². The number of hydrogen-bond acceptors (Lipinski definition) is 7. The van der Waals surface area contributed by atoms with E-state index in [4.69, 9.17) is 9.47 Å². The van der Waals surface area contributed by atoms with Crippen LogP contribution in [0.15, 0.2) is 51.9 Å². The standard InChI is InChI=1S/C19H14F3N3O5S/c20-19(21,22)18-24-17(25-30-18)7-5-12-2-1-3-14(8-12)31(26,27)23-10-13-4-6-15-16(9-13)29-11-28-15/h1-9,23H,10-11H2/b7-5+. The lowest BCUT2D eigenvalue weighted by Gasteiger charge is -2.08. The number of nitrogens with zero attached hydrogens (tertiary/aromatic N) is 2. The Bertz CT molecular complexity index is 1240. The van der Waals surface area contributed by atoms with Crippen LogP contribution in [0.3, 0.4) is 0 Å². The van der Waals surface area contributed by atoms with Crippen LogP contribution in [0.1, 0.15) is 22.8 Å². The van der Waals surface area contributed by atoms with Crippen LogP contribution in [-0.2, 0) is 22.7 Å². The van der Waals surface area contributed by atoms with Gasteiger partial charge in [-0.15, -0.1) is 0 Å². The molecule has 0 saturated heterocycles. The molecule has 12 heteroatoms. The second-order valence-electron chi connectivity index (χ2n) is 6.37. The largest absolute Gasteiger partial charge is 0.471 e. The van der Waals surface area contributed by atoms with Crippen LogP contribution in [0, 0.1) is 0 Å². The minimum absolute atomic E-state index is 0.0144. The molecule has 1 aliphatic heterocycles. The monoisotopic (exact) mass is 453 g/mol. The molecule has 0 aliphatic carbocycles. The normalized spacial score (nSPS) is 13.8. The van der Waals surface area contributed by atoms with E-state index in [0.29, 0.717) is 22.6 Å². The quantitative estimate of drug-likeness (QED) is 0.610. The molecule has 0 atom stereocenters. The van der Waals surface area contributed by atoms with Gasteiger partial charge in [0.2, 0.25) is 16.8 Å². The highest BCUT2D eigenvalue weighted by Gasteiger charge is 2.38. The number of nitrogens with one attached hydrogen (secondary N) is 1. The first kappa shape index (κ1) is 20.9. The molecule has 2 aromatic carbocycles. The van der Waals surface area contributed by atoms with Crippen molar-refractivity contribution in [2.45, 2.75) is 17.6 Å². The van der Waals surface area contributed by atoms with Crippen molar-refractivity contribution in [3.8, 4) is 11.5 Å². The topological polar surface area (TPSA) is 104 Å². The van der Waals surface area contributed by atoms with Gasteiger partial charge in [-0.25, -0.2) is 13.1 Å². The molecule has 0 radical (unpaired) electrons. The number of fused-ring (bicyclic) bond motifs is 1. The van der Waals surface area contributed by atoms with E-state index in [1.807, 2.05) is 0 Å². The minimum Gasteiger partial charge on any atom is -0.454 e. The van der Waals surface area contributed by atoms with Crippen molar-refractivity contribution in [3.05, 3.63) is 65.3 Å². The third kappa shape index (κ3) is 4.86. The number of rotatable bonds is 6. The van der Waals surface area contributed by atoms with E-state index in [9.17, 15) is 21.6 Å². The Morgan fingerprint density at radius 3 is 2.65 bits per heavy atom. The second-order valence-corrected chi connectivity index (χ2v) is 8.14. The van der Waals surface area contributed by atoms with Crippen LogP contribution in [-0.4, -0.2) is 25.4 Å². The van der Waals surface area contributed by atoms with Gasteiger partial charge in [-0.2, -0.15) is 18.2 Å². The lowest BCUT2D eigenvalue weighted by molar-refractivity contribution is -0.159. The van der Waals surface area contributed by atoms with Crippen molar-refractivity contribution in [2.24, 2.45) is 0 Å². The van der Waals surface area contributed by atoms with Crippen LogP contribution in [0.2, 0.25) is 0 Å². The molecule has 1 aromatic heterocycles. The molecule has 8 nitrogen and oxygen atoms in total. The zero-order chi connectivity index (χ0) is 22.1. The van der Waals surface area contributed by atoms with Crippen LogP contribution in [0.5, 0.6) is 11.5 Å². The molecule has 4 rings (SSSR count). The van der Waals surface area contributed by atoms with Crippen molar-refractivity contribution in [2.75, 3.05) is 6.79 Å². The van der Waals surface area contributed by atoms with Gasteiger partial charge in [0.25, 0.3) is 0 Å². The van der Waals surface area contributed by atoms with Crippen molar-refractivity contribution < 1.29 is 35.6 Å². The van der Waals surface area contributed by atoms with Gasteiger partial charge >= 0.3 is 12.1 Å². The van der Waals surface area contributed by atoms with Gasteiger partial charge in [0.15, 0.2) is 17.3 Å². The lowest BCUT2D eigenvalue weighted by Crippen LogP contribution is -2.23. The van der Waals surface area contributed by atoms with Gasteiger partial charge in [0.1, 0.15) is 0 Å². The van der Waals surface area contributed by atoms with Crippen LogP contribution >= 0.6 is 0 Å². The van der Waals surface area contributed by atoms with E-state index in [0.717, 1.165) is 0 Å². The van der Waals surface area contributed by atoms with E-state index in [-0.39, 0.29) is 24.1 Å². The van der Waals surface area contributed by atoms with Crippen molar-refractivity contribution in [1.82, 2.24) is 14.9 Å². The number of halogens is 3. The molecule has 0 fully saturated rings. The summed E-state index contributed by atoms with van der Waals surface area (Å²) in [6.07, 6.45) is -2.18. The van der Waals surface area contributed by atoms with E-state index in [2.05, 4.69) is 19.4 Å². The molecular weight excluding hydrogens is 439 g/mol. The van der Waals surface area contributed by atoms with Crippen LogP contribution < -0.4 is 14.2 Å². The zero-order valence-electron chi connectivity index (χ0n) is 15.6. The van der Waals surface area contributed by atoms with Crippen LogP contribution in [0.4, 0.5) is 13.2 Å². The Hall–Kier alpha value is -3.38. The average Bonchev–Trinajstić information content (AvgIpc) is 3.40. The summed E-state index contributed by atoms with van der Waals surface area (Å²) in [5.41, 5.74) is 1.10. The Morgan fingerprint density at radius 2 is 1.87 bits per heavy atom. The summed E-state index contributed by atoms with van der Waals surface area (Å²) in [4.78, 5) is 3.20. The molecule has 31 heavy (non-hydrogen) atoms.